The summed E-state index contributed by atoms with van der Waals surface area (Å²) in [6.45, 7) is 3.48. The van der Waals surface area contributed by atoms with Crippen LogP contribution in [0.15, 0.2) is 58.3 Å². The van der Waals surface area contributed by atoms with Crippen molar-refractivity contribution < 1.29 is 23.5 Å². The SMILES string of the molecule is COc1cc(/C=N\NC(=O)c2cc(C)oc2C)ccc1OC(=O)c1cccnc1. The molecule has 0 radical (unpaired) electrons. The first-order chi connectivity index (χ1) is 14.0. The molecule has 2 aromatic heterocycles. The number of nitrogens with zero attached hydrogens (tertiary/aromatic N) is 2. The topological polar surface area (TPSA) is 103 Å². The van der Waals surface area contributed by atoms with Crippen molar-refractivity contribution in [2.24, 2.45) is 5.10 Å². The molecule has 0 spiro atoms. The lowest BCUT2D eigenvalue weighted by atomic mass is 10.2. The number of amides is 1. The Morgan fingerprint density at radius 1 is 1.17 bits per heavy atom. The van der Waals surface area contributed by atoms with Crippen molar-refractivity contribution in [1.29, 1.82) is 0 Å². The fourth-order valence-electron chi connectivity index (χ4n) is 2.57. The lowest BCUT2D eigenvalue weighted by molar-refractivity contribution is 0.0729. The summed E-state index contributed by atoms with van der Waals surface area (Å²) in [6.07, 6.45) is 4.44. The number of benzene rings is 1. The van der Waals surface area contributed by atoms with E-state index in [-0.39, 0.29) is 11.7 Å². The minimum Gasteiger partial charge on any atom is -0.493 e. The maximum atomic E-state index is 12.2. The predicted molar refractivity (Wildman–Crippen MR) is 105 cm³/mol. The van der Waals surface area contributed by atoms with Gasteiger partial charge in [-0.3, -0.25) is 9.78 Å². The van der Waals surface area contributed by atoms with Crippen LogP contribution in [-0.2, 0) is 0 Å². The van der Waals surface area contributed by atoms with Crippen LogP contribution >= 0.6 is 0 Å². The van der Waals surface area contributed by atoms with Crippen LogP contribution in [0.1, 0.15) is 37.8 Å². The molecule has 3 aromatic rings. The van der Waals surface area contributed by atoms with E-state index >= 15 is 0 Å². The second-order valence-corrected chi connectivity index (χ2v) is 6.07. The monoisotopic (exact) mass is 393 g/mol. The molecular formula is C21H19N3O5. The van der Waals surface area contributed by atoms with Gasteiger partial charge >= 0.3 is 5.97 Å². The molecule has 3 rings (SSSR count). The molecule has 148 valence electrons. The van der Waals surface area contributed by atoms with Gasteiger partial charge < -0.3 is 13.9 Å². The van der Waals surface area contributed by atoms with Crippen molar-refractivity contribution in [3.05, 3.63) is 77.0 Å². The fourth-order valence-corrected chi connectivity index (χ4v) is 2.57. The highest BCUT2D eigenvalue weighted by molar-refractivity contribution is 5.96. The predicted octanol–water partition coefficient (Wildman–Crippen LogP) is 3.28. The average Bonchev–Trinajstić information content (AvgIpc) is 3.07. The molecule has 29 heavy (non-hydrogen) atoms. The zero-order chi connectivity index (χ0) is 20.8. The number of esters is 1. The number of carbonyl (C=O) groups excluding carboxylic acids is 2. The van der Waals surface area contributed by atoms with Gasteiger partial charge in [-0.2, -0.15) is 5.10 Å². The molecule has 1 amide bonds. The van der Waals surface area contributed by atoms with Gasteiger partial charge in [0.1, 0.15) is 11.5 Å². The number of carbonyl (C=O) groups is 2. The van der Waals surface area contributed by atoms with Gasteiger partial charge in [0, 0.05) is 12.4 Å². The van der Waals surface area contributed by atoms with Gasteiger partial charge in [-0.05, 0) is 55.8 Å². The minimum atomic E-state index is -0.546. The Morgan fingerprint density at radius 2 is 2.00 bits per heavy atom. The smallest absolute Gasteiger partial charge is 0.345 e. The van der Waals surface area contributed by atoms with Crippen LogP contribution in [0, 0.1) is 13.8 Å². The van der Waals surface area contributed by atoms with Crippen LogP contribution in [0.25, 0.3) is 0 Å². The molecule has 0 atom stereocenters. The quantitative estimate of drug-likeness (QED) is 0.298. The molecule has 1 aromatic carbocycles. The van der Waals surface area contributed by atoms with Gasteiger partial charge in [-0.15, -0.1) is 0 Å². The average molecular weight is 393 g/mol. The largest absolute Gasteiger partial charge is 0.493 e. The number of methoxy groups -OCH3 is 1. The molecule has 0 fully saturated rings. The van der Waals surface area contributed by atoms with Crippen molar-refractivity contribution in [3.63, 3.8) is 0 Å². The van der Waals surface area contributed by atoms with E-state index < -0.39 is 5.97 Å². The molecule has 0 aliphatic rings. The Morgan fingerprint density at radius 3 is 2.66 bits per heavy atom. The summed E-state index contributed by atoms with van der Waals surface area (Å²) in [4.78, 5) is 28.2. The van der Waals surface area contributed by atoms with E-state index in [1.54, 1.807) is 56.4 Å². The number of hydrazone groups is 1. The Hall–Kier alpha value is -3.94. The molecule has 0 saturated carbocycles. The Kier molecular flexibility index (Phi) is 6.03. The number of pyridine rings is 1. The molecule has 8 nitrogen and oxygen atoms in total. The van der Waals surface area contributed by atoms with Crippen LogP contribution in [-0.4, -0.2) is 30.2 Å². The maximum Gasteiger partial charge on any atom is 0.345 e. The van der Waals surface area contributed by atoms with Crippen LogP contribution in [0.5, 0.6) is 11.5 Å². The summed E-state index contributed by atoms with van der Waals surface area (Å²) in [5.41, 5.74) is 3.84. The standard InChI is InChI=1S/C21H19N3O5/c1-13-9-17(14(2)28-13)20(25)24-23-11-15-6-7-18(19(10-15)27-3)29-21(26)16-5-4-8-22-12-16/h4-12H,1-3H3,(H,24,25)/b23-11-. The van der Waals surface area contributed by atoms with Crippen molar-refractivity contribution in [2.75, 3.05) is 7.11 Å². The van der Waals surface area contributed by atoms with Crippen molar-refractivity contribution in [3.8, 4) is 11.5 Å². The number of rotatable bonds is 6. The summed E-state index contributed by atoms with van der Waals surface area (Å²) < 4.78 is 16.0. The van der Waals surface area contributed by atoms with Gasteiger partial charge in [-0.25, -0.2) is 10.2 Å². The van der Waals surface area contributed by atoms with Crippen LogP contribution in [0.2, 0.25) is 0 Å². The maximum absolute atomic E-state index is 12.2. The zero-order valence-electron chi connectivity index (χ0n) is 16.1. The molecule has 0 aliphatic carbocycles. The van der Waals surface area contributed by atoms with Crippen molar-refractivity contribution in [2.45, 2.75) is 13.8 Å². The number of hydrogen-bond donors (Lipinski definition) is 1. The van der Waals surface area contributed by atoms with Gasteiger partial charge in [0.05, 0.1) is 24.5 Å². The van der Waals surface area contributed by atoms with E-state index in [2.05, 4.69) is 15.5 Å². The Balaban J connectivity index is 1.68. The number of ether oxygens (including phenoxy) is 2. The summed E-state index contributed by atoms with van der Waals surface area (Å²) in [6, 6.07) is 9.79. The van der Waals surface area contributed by atoms with Gasteiger partial charge in [0.25, 0.3) is 5.91 Å². The second-order valence-electron chi connectivity index (χ2n) is 6.07. The first-order valence-corrected chi connectivity index (χ1v) is 8.68. The zero-order valence-corrected chi connectivity index (χ0v) is 16.1. The third-order valence-corrected chi connectivity index (χ3v) is 3.95. The summed E-state index contributed by atoms with van der Waals surface area (Å²) in [5, 5.41) is 3.94. The first kappa shape index (κ1) is 19.8. The number of hydrogen-bond acceptors (Lipinski definition) is 7. The van der Waals surface area contributed by atoms with E-state index in [0.29, 0.717) is 34.0 Å². The van der Waals surface area contributed by atoms with Crippen LogP contribution in [0.4, 0.5) is 0 Å². The lowest BCUT2D eigenvalue weighted by Crippen LogP contribution is -2.17. The van der Waals surface area contributed by atoms with E-state index in [1.165, 1.54) is 19.5 Å². The highest BCUT2D eigenvalue weighted by Crippen LogP contribution is 2.28. The highest BCUT2D eigenvalue weighted by Gasteiger charge is 2.14. The summed E-state index contributed by atoms with van der Waals surface area (Å²) in [7, 11) is 1.46. The van der Waals surface area contributed by atoms with Crippen molar-refractivity contribution >= 4 is 18.1 Å². The van der Waals surface area contributed by atoms with E-state index in [4.69, 9.17) is 13.9 Å². The van der Waals surface area contributed by atoms with Gasteiger partial charge in [-0.1, -0.05) is 0 Å². The summed E-state index contributed by atoms with van der Waals surface area (Å²) >= 11 is 0. The van der Waals surface area contributed by atoms with Gasteiger partial charge in [0.2, 0.25) is 0 Å². The molecule has 2 heterocycles. The van der Waals surface area contributed by atoms with Crippen LogP contribution in [0.3, 0.4) is 0 Å². The first-order valence-electron chi connectivity index (χ1n) is 8.68. The summed E-state index contributed by atoms with van der Waals surface area (Å²) in [5.74, 6) is 0.862. The van der Waals surface area contributed by atoms with E-state index in [0.717, 1.165) is 0 Å². The Labute approximate surface area is 167 Å². The van der Waals surface area contributed by atoms with Crippen LogP contribution < -0.4 is 14.9 Å². The minimum absolute atomic E-state index is 0.257. The van der Waals surface area contributed by atoms with Gasteiger partial charge in [0.15, 0.2) is 11.5 Å². The third kappa shape index (κ3) is 4.86. The highest BCUT2D eigenvalue weighted by atomic mass is 16.6. The molecule has 0 unspecified atom stereocenters. The third-order valence-electron chi connectivity index (χ3n) is 3.95. The van der Waals surface area contributed by atoms with Crippen molar-refractivity contribution in [1.82, 2.24) is 10.4 Å². The molecule has 0 aliphatic heterocycles. The lowest BCUT2D eigenvalue weighted by Gasteiger charge is -2.09. The number of furan rings is 1. The second kappa shape index (κ2) is 8.83. The Bertz CT molecular complexity index is 1060. The molecule has 0 bridgehead atoms. The molecule has 0 saturated heterocycles. The fraction of sp³-hybridized carbons (Fsp3) is 0.143. The molecule has 8 heteroatoms. The number of aromatic nitrogens is 1. The molecule has 1 N–H and O–H groups in total. The van der Waals surface area contributed by atoms with E-state index in [9.17, 15) is 9.59 Å². The molecular weight excluding hydrogens is 374 g/mol. The van der Waals surface area contributed by atoms with E-state index in [1.807, 2.05) is 0 Å². The number of aryl methyl sites for hydroxylation is 2. The number of nitrogens with one attached hydrogen (secondary N) is 1. The normalized spacial score (nSPS) is 10.7.